The highest BCUT2D eigenvalue weighted by Gasteiger charge is 2.27. The van der Waals surface area contributed by atoms with Crippen LogP contribution in [0, 0.1) is 13.8 Å². The number of nitrogens with zero attached hydrogens (tertiary/aromatic N) is 1. The second kappa shape index (κ2) is 3.06. The van der Waals surface area contributed by atoms with E-state index in [0.29, 0.717) is 0 Å². The summed E-state index contributed by atoms with van der Waals surface area (Å²) in [5, 5.41) is 0. The SMILES string of the molecule is Cc1cccc(N(C)C2CC2)c1C. The van der Waals surface area contributed by atoms with Crippen molar-refractivity contribution in [2.75, 3.05) is 11.9 Å². The van der Waals surface area contributed by atoms with E-state index in [1.807, 2.05) is 0 Å². The first-order valence-electron chi connectivity index (χ1n) is 4.99. The molecule has 0 atom stereocenters. The van der Waals surface area contributed by atoms with Gasteiger partial charge < -0.3 is 4.90 Å². The Morgan fingerprint density at radius 3 is 2.54 bits per heavy atom. The molecule has 1 nitrogen and oxygen atoms in total. The van der Waals surface area contributed by atoms with E-state index < -0.39 is 0 Å². The standard InChI is InChI=1S/C12H17N/c1-9-5-4-6-12(10(9)2)13(3)11-7-8-11/h4-6,11H,7-8H2,1-3H3. The van der Waals surface area contributed by atoms with Crippen LogP contribution in [0.3, 0.4) is 0 Å². The zero-order valence-electron chi connectivity index (χ0n) is 8.67. The smallest absolute Gasteiger partial charge is 0.0398 e. The third-order valence-corrected chi connectivity index (χ3v) is 3.05. The minimum absolute atomic E-state index is 0.806. The quantitative estimate of drug-likeness (QED) is 0.668. The van der Waals surface area contributed by atoms with Crippen LogP contribution in [0.15, 0.2) is 18.2 Å². The molecule has 1 heteroatoms. The average Bonchev–Trinajstić information content (AvgIpc) is 2.91. The first-order valence-corrected chi connectivity index (χ1v) is 4.99. The van der Waals surface area contributed by atoms with Crippen molar-refractivity contribution in [3.05, 3.63) is 29.3 Å². The molecule has 70 valence electrons. The second-order valence-electron chi connectivity index (χ2n) is 4.06. The summed E-state index contributed by atoms with van der Waals surface area (Å²) in [4.78, 5) is 2.42. The van der Waals surface area contributed by atoms with Crippen molar-refractivity contribution in [2.45, 2.75) is 32.7 Å². The van der Waals surface area contributed by atoms with Gasteiger partial charge in [-0.1, -0.05) is 12.1 Å². The summed E-state index contributed by atoms with van der Waals surface area (Å²) < 4.78 is 0. The molecule has 0 aliphatic heterocycles. The normalized spacial score (nSPS) is 15.9. The Hall–Kier alpha value is -0.980. The lowest BCUT2D eigenvalue weighted by molar-refractivity contribution is 0.909. The van der Waals surface area contributed by atoms with E-state index in [4.69, 9.17) is 0 Å². The van der Waals surface area contributed by atoms with Crippen LogP contribution in [0.2, 0.25) is 0 Å². The Labute approximate surface area is 80.4 Å². The molecule has 0 radical (unpaired) electrons. The Morgan fingerprint density at radius 2 is 1.92 bits per heavy atom. The average molecular weight is 175 g/mol. The summed E-state index contributed by atoms with van der Waals surface area (Å²) in [6.07, 6.45) is 2.73. The van der Waals surface area contributed by atoms with Crippen LogP contribution < -0.4 is 4.90 Å². The third-order valence-electron chi connectivity index (χ3n) is 3.05. The van der Waals surface area contributed by atoms with Gasteiger partial charge >= 0.3 is 0 Å². The van der Waals surface area contributed by atoms with Crippen LogP contribution in [0.4, 0.5) is 5.69 Å². The number of anilines is 1. The number of aryl methyl sites for hydroxylation is 1. The molecule has 1 fully saturated rings. The number of rotatable bonds is 2. The number of hydrogen-bond acceptors (Lipinski definition) is 1. The van der Waals surface area contributed by atoms with Gasteiger partial charge in [0.1, 0.15) is 0 Å². The maximum absolute atomic E-state index is 2.42. The fourth-order valence-electron chi connectivity index (χ4n) is 1.78. The van der Waals surface area contributed by atoms with Crippen LogP contribution in [0.25, 0.3) is 0 Å². The Balaban J connectivity index is 2.32. The molecule has 0 bridgehead atoms. The molecule has 0 saturated heterocycles. The lowest BCUT2D eigenvalue weighted by atomic mass is 10.1. The molecule has 0 unspecified atom stereocenters. The van der Waals surface area contributed by atoms with Crippen molar-refractivity contribution in [3.8, 4) is 0 Å². The predicted molar refractivity (Wildman–Crippen MR) is 57.3 cm³/mol. The number of hydrogen-bond donors (Lipinski definition) is 0. The van der Waals surface area contributed by atoms with E-state index >= 15 is 0 Å². The van der Waals surface area contributed by atoms with Crippen LogP contribution in [-0.2, 0) is 0 Å². The van der Waals surface area contributed by atoms with Crippen molar-refractivity contribution in [1.29, 1.82) is 0 Å². The predicted octanol–water partition coefficient (Wildman–Crippen LogP) is 2.90. The molecule has 0 amide bonds. The summed E-state index contributed by atoms with van der Waals surface area (Å²) in [7, 11) is 2.21. The molecule has 2 rings (SSSR count). The summed E-state index contributed by atoms with van der Waals surface area (Å²) in [5.41, 5.74) is 4.23. The van der Waals surface area contributed by atoms with E-state index in [1.165, 1.54) is 29.7 Å². The minimum atomic E-state index is 0.806. The molecule has 0 heterocycles. The van der Waals surface area contributed by atoms with Crippen molar-refractivity contribution in [3.63, 3.8) is 0 Å². The first-order chi connectivity index (χ1) is 6.20. The van der Waals surface area contributed by atoms with Crippen molar-refractivity contribution in [2.24, 2.45) is 0 Å². The largest absolute Gasteiger partial charge is 0.371 e. The van der Waals surface area contributed by atoms with Crippen LogP contribution >= 0.6 is 0 Å². The lowest BCUT2D eigenvalue weighted by Crippen LogP contribution is -2.20. The fourth-order valence-corrected chi connectivity index (χ4v) is 1.78. The highest BCUT2D eigenvalue weighted by molar-refractivity contribution is 5.56. The second-order valence-corrected chi connectivity index (χ2v) is 4.06. The van der Waals surface area contributed by atoms with Gasteiger partial charge in [0.15, 0.2) is 0 Å². The molecule has 0 spiro atoms. The lowest BCUT2D eigenvalue weighted by Gasteiger charge is -2.21. The molecule has 13 heavy (non-hydrogen) atoms. The molecule has 1 aromatic rings. The summed E-state index contributed by atoms with van der Waals surface area (Å²) in [5.74, 6) is 0. The maximum atomic E-state index is 2.42. The van der Waals surface area contributed by atoms with Crippen LogP contribution in [0.1, 0.15) is 24.0 Å². The van der Waals surface area contributed by atoms with Gasteiger partial charge in [0, 0.05) is 18.8 Å². The van der Waals surface area contributed by atoms with Gasteiger partial charge in [-0.2, -0.15) is 0 Å². The highest BCUT2D eigenvalue weighted by atomic mass is 15.2. The Morgan fingerprint density at radius 1 is 1.23 bits per heavy atom. The monoisotopic (exact) mass is 175 g/mol. The molecule has 1 aliphatic carbocycles. The van der Waals surface area contributed by atoms with Crippen LogP contribution in [-0.4, -0.2) is 13.1 Å². The third kappa shape index (κ3) is 1.55. The van der Waals surface area contributed by atoms with E-state index in [0.717, 1.165) is 6.04 Å². The van der Waals surface area contributed by atoms with Gasteiger partial charge in [0.2, 0.25) is 0 Å². The maximum Gasteiger partial charge on any atom is 0.0398 e. The molecular formula is C12H17N. The van der Waals surface area contributed by atoms with Gasteiger partial charge in [0.05, 0.1) is 0 Å². The van der Waals surface area contributed by atoms with Gasteiger partial charge in [-0.05, 0) is 43.9 Å². The summed E-state index contributed by atoms with van der Waals surface area (Å²) in [6.45, 7) is 4.39. The van der Waals surface area contributed by atoms with Gasteiger partial charge in [-0.25, -0.2) is 0 Å². The molecular weight excluding hydrogens is 158 g/mol. The Bertz CT molecular complexity index is 313. The molecule has 1 aliphatic rings. The van der Waals surface area contributed by atoms with Crippen molar-refractivity contribution < 1.29 is 0 Å². The molecule has 0 N–H and O–H groups in total. The molecule has 1 saturated carbocycles. The van der Waals surface area contributed by atoms with Crippen LogP contribution in [0.5, 0.6) is 0 Å². The van der Waals surface area contributed by atoms with Crippen molar-refractivity contribution >= 4 is 5.69 Å². The minimum Gasteiger partial charge on any atom is -0.371 e. The topological polar surface area (TPSA) is 3.24 Å². The van der Waals surface area contributed by atoms with E-state index in [2.05, 4.69) is 44.0 Å². The summed E-state index contributed by atoms with van der Waals surface area (Å²) >= 11 is 0. The fraction of sp³-hybridized carbons (Fsp3) is 0.500. The number of benzene rings is 1. The van der Waals surface area contributed by atoms with E-state index in [-0.39, 0.29) is 0 Å². The van der Waals surface area contributed by atoms with E-state index in [9.17, 15) is 0 Å². The molecule has 0 aromatic heterocycles. The van der Waals surface area contributed by atoms with Gasteiger partial charge in [-0.15, -0.1) is 0 Å². The van der Waals surface area contributed by atoms with Gasteiger partial charge in [0.25, 0.3) is 0 Å². The Kier molecular flexibility index (Phi) is 2.03. The molecule has 1 aromatic carbocycles. The van der Waals surface area contributed by atoms with E-state index in [1.54, 1.807) is 0 Å². The highest BCUT2D eigenvalue weighted by Crippen LogP contribution is 2.32. The van der Waals surface area contributed by atoms with Crippen molar-refractivity contribution in [1.82, 2.24) is 0 Å². The zero-order chi connectivity index (χ0) is 9.42. The summed E-state index contributed by atoms with van der Waals surface area (Å²) in [6, 6.07) is 7.36. The van der Waals surface area contributed by atoms with Gasteiger partial charge in [-0.3, -0.25) is 0 Å². The zero-order valence-corrected chi connectivity index (χ0v) is 8.67. The first kappa shape index (κ1) is 8.61.